The van der Waals surface area contributed by atoms with Crippen LogP contribution in [0.1, 0.15) is 11.1 Å². The van der Waals surface area contributed by atoms with E-state index in [4.69, 9.17) is 5.26 Å². The van der Waals surface area contributed by atoms with Crippen LogP contribution in [-0.2, 0) is 16.4 Å². The topological polar surface area (TPSA) is 74.1 Å². The molecular weight excluding hydrogens is 365 g/mol. The highest BCUT2D eigenvalue weighted by Gasteiger charge is 2.32. The zero-order valence-electron chi connectivity index (χ0n) is 14.1. The Hall–Kier alpha value is -3.24. The minimum Gasteiger partial charge on any atom is -0.264 e. The fourth-order valence-electron chi connectivity index (χ4n) is 3.24. The molecule has 0 radical (unpaired) electrons. The summed E-state index contributed by atoms with van der Waals surface area (Å²) >= 11 is 0. The van der Waals surface area contributed by atoms with Gasteiger partial charge in [-0.2, -0.15) is 5.26 Å². The van der Waals surface area contributed by atoms with Crippen molar-refractivity contribution in [2.24, 2.45) is 0 Å². The fraction of sp³-hybridized carbons (Fsp3) is 0.100. The van der Waals surface area contributed by atoms with E-state index in [-0.39, 0.29) is 4.90 Å². The lowest BCUT2D eigenvalue weighted by Gasteiger charge is -2.19. The third-order valence-corrected chi connectivity index (χ3v) is 6.42. The Bertz CT molecular complexity index is 1150. The van der Waals surface area contributed by atoms with Crippen LogP contribution in [0, 0.1) is 17.1 Å². The molecule has 0 saturated heterocycles. The lowest BCUT2D eigenvalue weighted by Crippen LogP contribution is -2.29. The van der Waals surface area contributed by atoms with Gasteiger partial charge in [-0.3, -0.25) is 9.29 Å². The van der Waals surface area contributed by atoms with Crippen molar-refractivity contribution in [1.29, 1.82) is 5.26 Å². The molecule has 4 rings (SSSR count). The summed E-state index contributed by atoms with van der Waals surface area (Å²) < 4.78 is 40.4. The van der Waals surface area contributed by atoms with Gasteiger partial charge in [-0.25, -0.2) is 12.8 Å². The minimum atomic E-state index is -3.79. The zero-order valence-corrected chi connectivity index (χ0v) is 14.9. The average molecular weight is 379 g/mol. The number of nitrogens with zero attached hydrogens (tertiary/aromatic N) is 3. The second kappa shape index (κ2) is 6.49. The Labute approximate surface area is 156 Å². The molecule has 2 heterocycles. The summed E-state index contributed by atoms with van der Waals surface area (Å²) in [6.45, 7) is 0.296. The number of nitriles is 1. The molecule has 7 heteroatoms. The molecule has 0 spiro atoms. The number of hydrogen-bond acceptors (Lipinski definition) is 4. The summed E-state index contributed by atoms with van der Waals surface area (Å²) in [6, 6.07) is 14.0. The molecular formula is C20H14FN3O2S. The van der Waals surface area contributed by atoms with Crippen LogP contribution in [0.25, 0.3) is 11.1 Å². The molecule has 1 aliphatic heterocycles. The third-order valence-electron chi connectivity index (χ3n) is 4.59. The standard InChI is InChI=1S/C20H14FN3O2S/c21-16-5-7-17(8-6-16)27(25,26)24-10-9-18-19(12-23-13-20(18)24)15-3-1-14(11-22)2-4-15/h1-8,12-13H,9-10H2. The Morgan fingerprint density at radius 3 is 2.41 bits per heavy atom. The SMILES string of the molecule is N#Cc1ccc(-c2cncc3c2CCN3S(=O)(=O)c2ccc(F)cc2)cc1. The molecule has 1 aliphatic rings. The van der Waals surface area contributed by atoms with Crippen molar-refractivity contribution in [2.75, 3.05) is 10.8 Å². The number of rotatable bonds is 3. The lowest BCUT2D eigenvalue weighted by molar-refractivity contribution is 0.591. The van der Waals surface area contributed by atoms with E-state index in [0.29, 0.717) is 24.2 Å². The molecule has 1 aromatic heterocycles. The Morgan fingerprint density at radius 2 is 1.74 bits per heavy atom. The zero-order chi connectivity index (χ0) is 19.0. The van der Waals surface area contributed by atoms with Crippen molar-refractivity contribution in [1.82, 2.24) is 4.98 Å². The first-order chi connectivity index (χ1) is 13.0. The number of pyridine rings is 1. The quantitative estimate of drug-likeness (QED) is 0.698. The van der Waals surface area contributed by atoms with Gasteiger partial charge in [0.15, 0.2) is 0 Å². The van der Waals surface area contributed by atoms with Gasteiger partial charge >= 0.3 is 0 Å². The fourth-order valence-corrected chi connectivity index (χ4v) is 4.73. The van der Waals surface area contributed by atoms with E-state index in [9.17, 15) is 12.8 Å². The Morgan fingerprint density at radius 1 is 1.04 bits per heavy atom. The van der Waals surface area contributed by atoms with Gasteiger partial charge in [-0.1, -0.05) is 12.1 Å². The molecule has 5 nitrogen and oxygen atoms in total. The van der Waals surface area contributed by atoms with Gasteiger partial charge < -0.3 is 0 Å². The van der Waals surface area contributed by atoms with Crippen molar-refractivity contribution in [3.63, 3.8) is 0 Å². The highest BCUT2D eigenvalue weighted by Crippen LogP contribution is 2.38. The van der Waals surface area contributed by atoms with Gasteiger partial charge in [0.05, 0.1) is 28.4 Å². The number of benzene rings is 2. The second-order valence-electron chi connectivity index (χ2n) is 6.15. The molecule has 0 fully saturated rings. The number of anilines is 1. The summed E-state index contributed by atoms with van der Waals surface area (Å²) in [5, 5.41) is 8.94. The first-order valence-electron chi connectivity index (χ1n) is 8.26. The van der Waals surface area contributed by atoms with Crippen LogP contribution >= 0.6 is 0 Å². The highest BCUT2D eigenvalue weighted by molar-refractivity contribution is 7.92. The molecule has 3 aromatic rings. The second-order valence-corrected chi connectivity index (χ2v) is 8.02. The van der Waals surface area contributed by atoms with Crippen LogP contribution in [0.4, 0.5) is 10.1 Å². The largest absolute Gasteiger partial charge is 0.264 e. The molecule has 0 bridgehead atoms. The molecule has 2 aromatic carbocycles. The van der Waals surface area contributed by atoms with Crippen LogP contribution in [0.3, 0.4) is 0 Å². The predicted molar refractivity (Wildman–Crippen MR) is 99.0 cm³/mol. The van der Waals surface area contributed by atoms with Gasteiger partial charge in [0.2, 0.25) is 0 Å². The third kappa shape index (κ3) is 2.94. The van der Waals surface area contributed by atoms with Crippen molar-refractivity contribution in [3.8, 4) is 17.2 Å². The maximum Gasteiger partial charge on any atom is 0.264 e. The highest BCUT2D eigenvalue weighted by atomic mass is 32.2. The predicted octanol–water partition coefficient (Wildman–Crippen LogP) is 3.51. The molecule has 0 N–H and O–H groups in total. The molecule has 0 aliphatic carbocycles. The van der Waals surface area contributed by atoms with E-state index in [1.807, 2.05) is 12.1 Å². The summed E-state index contributed by atoms with van der Waals surface area (Å²) in [4.78, 5) is 4.26. The van der Waals surface area contributed by atoms with Crippen molar-refractivity contribution in [2.45, 2.75) is 11.3 Å². The number of halogens is 1. The molecule has 134 valence electrons. The molecule has 0 unspecified atom stereocenters. The Balaban J connectivity index is 1.77. The maximum absolute atomic E-state index is 13.1. The van der Waals surface area contributed by atoms with Crippen LogP contribution in [0.15, 0.2) is 65.8 Å². The van der Waals surface area contributed by atoms with Crippen molar-refractivity contribution < 1.29 is 12.8 Å². The van der Waals surface area contributed by atoms with E-state index < -0.39 is 15.8 Å². The number of fused-ring (bicyclic) bond motifs is 1. The van der Waals surface area contributed by atoms with Crippen LogP contribution in [-0.4, -0.2) is 19.9 Å². The van der Waals surface area contributed by atoms with E-state index in [1.165, 1.54) is 22.6 Å². The smallest absolute Gasteiger partial charge is 0.264 e. The van der Waals surface area contributed by atoms with Crippen molar-refractivity contribution >= 4 is 15.7 Å². The van der Waals surface area contributed by atoms with E-state index in [2.05, 4.69) is 11.1 Å². The monoisotopic (exact) mass is 379 g/mol. The van der Waals surface area contributed by atoms with Crippen LogP contribution in [0.2, 0.25) is 0 Å². The summed E-state index contributed by atoms with van der Waals surface area (Å²) in [5.74, 6) is -0.486. The van der Waals surface area contributed by atoms with Gasteiger partial charge in [-0.15, -0.1) is 0 Å². The molecule has 27 heavy (non-hydrogen) atoms. The molecule has 0 amide bonds. The van der Waals surface area contributed by atoms with Gasteiger partial charge in [0.1, 0.15) is 5.82 Å². The molecule has 0 atom stereocenters. The normalized spacial score (nSPS) is 13.3. The summed E-state index contributed by atoms with van der Waals surface area (Å²) in [6.07, 6.45) is 3.79. The van der Waals surface area contributed by atoms with Crippen LogP contribution in [0.5, 0.6) is 0 Å². The number of aromatic nitrogens is 1. The van der Waals surface area contributed by atoms with E-state index >= 15 is 0 Å². The summed E-state index contributed by atoms with van der Waals surface area (Å²) in [7, 11) is -3.79. The summed E-state index contributed by atoms with van der Waals surface area (Å²) in [5.41, 5.74) is 3.69. The van der Waals surface area contributed by atoms with Gasteiger partial charge in [0, 0.05) is 18.3 Å². The van der Waals surface area contributed by atoms with Crippen LogP contribution < -0.4 is 4.31 Å². The average Bonchev–Trinajstić information content (AvgIpc) is 3.13. The van der Waals surface area contributed by atoms with Gasteiger partial charge in [0.25, 0.3) is 10.0 Å². The number of hydrogen-bond donors (Lipinski definition) is 0. The van der Waals surface area contributed by atoms with Crippen molar-refractivity contribution in [3.05, 3.63) is 77.9 Å². The first kappa shape index (κ1) is 17.2. The maximum atomic E-state index is 13.1. The minimum absolute atomic E-state index is 0.0422. The van der Waals surface area contributed by atoms with E-state index in [1.54, 1.807) is 18.3 Å². The Kier molecular flexibility index (Phi) is 4.13. The first-order valence-corrected chi connectivity index (χ1v) is 9.70. The van der Waals surface area contributed by atoms with Gasteiger partial charge in [-0.05, 0) is 53.9 Å². The van der Waals surface area contributed by atoms with E-state index in [0.717, 1.165) is 28.8 Å². The molecule has 0 saturated carbocycles. The number of sulfonamides is 1. The lowest BCUT2D eigenvalue weighted by atomic mass is 9.99.